The monoisotopic (exact) mass is 287 g/mol. The summed E-state index contributed by atoms with van der Waals surface area (Å²) in [6, 6.07) is 1.26. The summed E-state index contributed by atoms with van der Waals surface area (Å²) in [5.41, 5.74) is -0.373. The summed E-state index contributed by atoms with van der Waals surface area (Å²) in [7, 11) is 0. The molecule has 19 heavy (non-hydrogen) atoms. The van der Waals surface area contributed by atoms with Crippen molar-refractivity contribution in [2.45, 2.75) is 26.7 Å². The zero-order valence-corrected chi connectivity index (χ0v) is 11.8. The fourth-order valence-electron chi connectivity index (χ4n) is 1.71. The lowest BCUT2D eigenvalue weighted by Crippen LogP contribution is -2.32. The minimum Gasteiger partial charge on any atom is -0.396 e. The summed E-state index contributed by atoms with van der Waals surface area (Å²) in [4.78, 5) is 14.0. The molecule has 0 unspecified atom stereocenters. The molecule has 0 aliphatic rings. The van der Waals surface area contributed by atoms with Crippen LogP contribution in [0.1, 0.15) is 26.7 Å². The molecule has 106 valence electrons. The average Bonchev–Trinajstić information content (AvgIpc) is 2.42. The quantitative estimate of drug-likeness (QED) is 0.594. The van der Waals surface area contributed by atoms with E-state index >= 15 is 0 Å². The van der Waals surface area contributed by atoms with Gasteiger partial charge in [0.2, 0.25) is 0 Å². The molecule has 0 aliphatic heterocycles. The van der Waals surface area contributed by atoms with E-state index in [1.807, 2.05) is 13.8 Å². The van der Waals surface area contributed by atoms with Gasteiger partial charge < -0.3 is 10.4 Å². The zero-order valence-electron chi connectivity index (χ0n) is 11.0. The summed E-state index contributed by atoms with van der Waals surface area (Å²) in [5.74, 6) is 0.395. The highest BCUT2D eigenvalue weighted by molar-refractivity contribution is 6.33. The normalized spacial score (nSPS) is 11.4. The van der Waals surface area contributed by atoms with Crippen molar-refractivity contribution in [3.05, 3.63) is 27.4 Å². The lowest BCUT2D eigenvalue weighted by Gasteiger charge is -2.29. The molecule has 0 radical (unpaired) electrons. The number of hydrogen-bond donors (Lipinski definition) is 2. The van der Waals surface area contributed by atoms with Crippen LogP contribution in [0.15, 0.2) is 12.3 Å². The van der Waals surface area contributed by atoms with Crippen molar-refractivity contribution >= 4 is 23.1 Å². The smallest absolute Gasteiger partial charge is 0.289 e. The van der Waals surface area contributed by atoms with Crippen LogP contribution in [0.2, 0.25) is 5.02 Å². The molecule has 1 rings (SSSR count). The maximum Gasteiger partial charge on any atom is 0.289 e. The molecule has 7 heteroatoms. The van der Waals surface area contributed by atoms with Crippen LogP contribution in [0.5, 0.6) is 0 Å². The van der Waals surface area contributed by atoms with E-state index < -0.39 is 4.92 Å². The first-order chi connectivity index (χ1) is 8.98. The Bertz CT molecular complexity index is 442. The van der Waals surface area contributed by atoms with E-state index in [1.54, 1.807) is 0 Å². The van der Waals surface area contributed by atoms with Crippen molar-refractivity contribution in [1.29, 1.82) is 0 Å². The highest BCUT2D eigenvalue weighted by atomic mass is 35.5. The Morgan fingerprint density at radius 3 is 2.58 bits per heavy atom. The van der Waals surface area contributed by atoms with Crippen molar-refractivity contribution < 1.29 is 10.0 Å². The van der Waals surface area contributed by atoms with E-state index in [4.69, 9.17) is 11.6 Å². The summed E-state index contributed by atoms with van der Waals surface area (Å²) >= 11 is 5.94. The van der Waals surface area contributed by atoms with Crippen LogP contribution in [0.3, 0.4) is 0 Å². The Hall–Kier alpha value is -1.40. The molecule has 1 aromatic heterocycles. The van der Waals surface area contributed by atoms with Crippen molar-refractivity contribution in [1.82, 2.24) is 4.98 Å². The number of aromatic nitrogens is 1. The largest absolute Gasteiger partial charge is 0.396 e. The zero-order chi connectivity index (χ0) is 14.5. The van der Waals surface area contributed by atoms with Gasteiger partial charge in [-0.05, 0) is 12.8 Å². The van der Waals surface area contributed by atoms with Crippen molar-refractivity contribution in [2.75, 3.05) is 18.5 Å². The van der Waals surface area contributed by atoms with Gasteiger partial charge in [-0.15, -0.1) is 0 Å². The number of nitrogens with zero attached hydrogens (tertiary/aromatic N) is 2. The maximum atomic E-state index is 10.6. The molecule has 0 saturated carbocycles. The Morgan fingerprint density at radius 1 is 1.53 bits per heavy atom. The SMILES string of the molecule is CCC(CC)(CO)CNc1ncc([N+](=O)[O-])cc1Cl. The third-order valence-electron chi connectivity index (χ3n) is 3.50. The number of halogens is 1. The van der Waals surface area contributed by atoms with Gasteiger partial charge in [0.1, 0.15) is 12.0 Å². The fourth-order valence-corrected chi connectivity index (χ4v) is 1.94. The second-order valence-electron chi connectivity index (χ2n) is 4.50. The van der Waals surface area contributed by atoms with E-state index in [9.17, 15) is 15.2 Å². The second kappa shape index (κ2) is 6.68. The van der Waals surface area contributed by atoms with E-state index in [0.717, 1.165) is 19.0 Å². The summed E-state index contributed by atoms with van der Waals surface area (Å²) in [6.07, 6.45) is 2.79. The van der Waals surface area contributed by atoms with E-state index in [2.05, 4.69) is 10.3 Å². The van der Waals surface area contributed by atoms with Gasteiger partial charge in [-0.1, -0.05) is 25.4 Å². The molecule has 2 N–H and O–H groups in total. The number of nitro groups is 1. The van der Waals surface area contributed by atoms with Gasteiger partial charge in [-0.2, -0.15) is 0 Å². The summed E-state index contributed by atoms with van der Waals surface area (Å²) in [5, 5.41) is 23.3. The Morgan fingerprint density at radius 2 is 2.16 bits per heavy atom. The van der Waals surface area contributed by atoms with Gasteiger partial charge >= 0.3 is 0 Å². The molecule has 1 heterocycles. The Kier molecular flexibility index (Phi) is 5.50. The number of nitrogens with one attached hydrogen (secondary N) is 1. The minimum atomic E-state index is -0.543. The predicted octanol–water partition coefficient (Wildman–Crippen LogP) is 2.85. The Balaban J connectivity index is 2.80. The number of hydrogen-bond acceptors (Lipinski definition) is 5. The molecule has 0 saturated heterocycles. The molecule has 0 atom stereocenters. The molecule has 0 fully saturated rings. The minimum absolute atomic E-state index is 0.0671. The van der Waals surface area contributed by atoms with Gasteiger partial charge in [-0.25, -0.2) is 4.98 Å². The van der Waals surface area contributed by atoms with Crippen LogP contribution in [0, 0.1) is 15.5 Å². The van der Waals surface area contributed by atoms with Crippen LogP contribution in [0.4, 0.5) is 11.5 Å². The molecular weight excluding hydrogens is 270 g/mol. The van der Waals surface area contributed by atoms with Crippen LogP contribution < -0.4 is 5.32 Å². The third kappa shape index (κ3) is 3.78. The van der Waals surface area contributed by atoms with Gasteiger partial charge in [0.15, 0.2) is 0 Å². The van der Waals surface area contributed by atoms with Gasteiger partial charge in [0.05, 0.1) is 16.6 Å². The molecule has 0 aliphatic carbocycles. The Labute approximate surface area is 117 Å². The standard InChI is InChI=1S/C12H18ClN3O3/c1-3-12(4-2,8-17)7-15-11-10(13)5-9(6-14-11)16(18)19/h5-6,17H,3-4,7-8H2,1-2H3,(H,14,15). The summed E-state index contributed by atoms with van der Waals surface area (Å²) in [6.45, 7) is 4.59. The molecule has 0 amide bonds. The molecule has 0 aromatic carbocycles. The number of anilines is 1. The average molecular weight is 288 g/mol. The van der Waals surface area contributed by atoms with Crippen LogP contribution in [-0.2, 0) is 0 Å². The van der Waals surface area contributed by atoms with Crippen molar-refractivity contribution in [3.8, 4) is 0 Å². The van der Waals surface area contributed by atoms with Crippen LogP contribution in [0.25, 0.3) is 0 Å². The third-order valence-corrected chi connectivity index (χ3v) is 3.79. The lowest BCUT2D eigenvalue weighted by atomic mass is 9.83. The van der Waals surface area contributed by atoms with E-state index in [1.165, 1.54) is 6.07 Å². The summed E-state index contributed by atoms with van der Waals surface area (Å²) < 4.78 is 0. The van der Waals surface area contributed by atoms with Crippen molar-refractivity contribution in [3.63, 3.8) is 0 Å². The molecule has 0 bridgehead atoms. The molecule has 6 nitrogen and oxygen atoms in total. The van der Waals surface area contributed by atoms with Crippen molar-refractivity contribution in [2.24, 2.45) is 5.41 Å². The van der Waals surface area contributed by atoms with Gasteiger partial charge in [0, 0.05) is 18.0 Å². The number of rotatable bonds is 7. The number of aliphatic hydroxyl groups excluding tert-OH is 1. The van der Waals surface area contributed by atoms with E-state index in [-0.39, 0.29) is 22.7 Å². The van der Waals surface area contributed by atoms with E-state index in [0.29, 0.717) is 12.4 Å². The number of pyridine rings is 1. The highest BCUT2D eigenvalue weighted by Crippen LogP contribution is 2.28. The first-order valence-corrected chi connectivity index (χ1v) is 6.50. The van der Waals surface area contributed by atoms with Gasteiger partial charge in [-0.3, -0.25) is 10.1 Å². The van der Waals surface area contributed by atoms with Crippen LogP contribution in [-0.4, -0.2) is 28.2 Å². The maximum absolute atomic E-state index is 10.6. The molecule has 0 spiro atoms. The topological polar surface area (TPSA) is 88.3 Å². The first kappa shape index (κ1) is 15.7. The fraction of sp³-hybridized carbons (Fsp3) is 0.583. The first-order valence-electron chi connectivity index (χ1n) is 6.12. The number of aliphatic hydroxyl groups is 1. The molecule has 1 aromatic rings. The lowest BCUT2D eigenvalue weighted by molar-refractivity contribution is -0.385. The molecular formula is C12H18ClN3O3. The van der Waals surface area contributed by atoms with Gasteiger partial charge in [0.25, 0.3) is 5.69 Å². The second-order valence-corrected chi connectivity index (χ2v) is 4.91. The van der Waals surface area contributed by atoms with Crippen LogP contribution >= 0.6 is 11.6 Å². The highest BCUT2D eigenvalue weighted by Gasteiger charge is 2.25. The predicted molar refractivity (Wildman–Crippen MR) is 74.5 cm³/mol.